The molecular weight excluding hydrogens is 542 g/mol. The highest BCUT2D eigenvalue weighted by Crippen LogP contribution is 2.29. The second-order valence-corrected chi connectivity index (χ2v) is 10.3. The first-order valence-electron chi connectivity index (χ1n) is 13.5. The molecule has 42 heavy (non-hydrogen) atoms. The van der Waals surface area contributed by atoms with E-state index in [0.29, 0.717) is 51.7 Å². The third-order valence-corrected chi connectivity index (χ3v) is 7.33. The maximum atomic E-state index is 13.9. The molecule has 5 heterocycles. The second-order valence-electron chi connectivity index (χ2n) is 10.3. The molecule has 12 nitrogen and oxygen atoms in total. The molecule has 2 atom stereocenters. The number of carbonyl (C=O) groups excluding carboxylic acids is 3. The average Bonchev–Trinajstić information content (AvgIpc) is 3.56. The summed E-state index contributed by atoms with van der Waals surface area (Å²) in [6.07, 6.45) is -0.546. The molecule has 0 radical (unpaired) electrons. The zero-order chi connectivity index (χ0) is 29.4. The van der Waals surface area contributed by atoms with Crippen LogP contribution in [-0.2, 0) is 11.3 Å². The first-order chi connectivity index (χ1) is 20.3. The van der Waals surface area contributed by atoms with Crippen molar-refractivity contribution in [2.45, 2.75) is 32.5 Å². The van der Waals surface area contributed by atoms with Gasteiger partial charge in [0.2, 0.25) is 0 Å². The number of nitrogens with one attached hydrogen (secondary N) is 2. The zero-order valence-electron chi connectivity index (χ0n) is 23.3. The number of pyridine rings is 1. The third kappa shape index (κ3) is 5.30. The molecule has 0 saturated carbocycles. The number of aromatic nitrogens is 2. The molecule has 216 valence electrons. The van der Waals surface area contributed by atoms with Crippen molar-refractivity contribution in [2.75, 3.05) is 26.8 Å². The Kier molecular flexibility index (Phi) is 7.11. The Morgan fingerprint density at radius 1 is 1.07 bits per heavy atom. The van der Waals surface area contributed by atoms with Gasteiger partial charge in [-0.15, -0.1) is 0 Å². The minimum absolute atomic E-state index is 0.207. The normalized spacial score (nSPS) is 18.9. The second kappa shape index (κ2) is 11.0. The van der Waals surface area contributed by atoms with Crippen LogP contribution >= 0.6 is 0 Å². The highest BCUT2D eigenvalue weighted by Gasteiger charge is 2.39. The van der Waals surface area contributed by atoms with E-state index >= 15 is 0 Å². The van der Waals surface area contributed by atoms with Gasteiger partial charge in [-0.2, -0.15) is 0 Å². The number of benzene rings is 2. The van der Waals surface area contributed by atoms with E-state index in [1.807, 2.05) is 12.1 Å². The molecular formula is C30H29N5O7. The quantitative estimate of drug-likeness (QED) is 0.371. The highest BCUT2D eigenvalue weighted by molar-refractivity contribution is 6.06. The van der Waals surface area contributed by atoms with Gasteiger partial charge in [0.1, 0.15) is 11.9 Å². The van der Waals surface area contributed by atoms with Crippen LogP contribution in [0, 0.1) is 13.8 Å². The van der Waals surface area contributed by atoms with E-state index < -0.39 is 18.1 Å². The number of methoxy groups -OCH3 is 1. The number of likely N-dealkylation sites (tertiary alicyclic amines) is 1. The van der Waals surface area contributed by atoms with E-state index in [1.165, 1.54) is 13.2 Å². The maximum Gasteiger partial charge on any atom is 0.258 e. The summed E-state index contributed by atoms with van der Waals surface area (Å²) in [5.74, 6) is 0.256. The van der Waals surface area contributed by atoms with Crippen LogP contribution in [0.5, 0.6) is 17.2 Å². The number of rotatable bonds is 2. The Hall–Kier alpha value is -5.13. The molecule has 2 N–H and O–H groups in total. The summed E-state index contributed by atoms with van der Waals surface area (Å²) in [5, 5.41) is 10.4. The predicted octanol–water partition coefficient (Wildman–Crippen LogP) is 2.56. The Balaban J connectivity index is 1.33. The lowest BCUT2D eigenvalue weighted by Gasteiger charge is -2.21. The SMILES string of the molecule is COc1ccc2cc1OCC(=O)NCc1ccc(cc1)O[C@H]1CN(C(=O)c3cc(C)nc4onc(C)c34)C[C@@H]1NC2=O. The minimum atomic E-state index is -0.546. The molecule has 1 saturated heterocycles. The first kappa shape index (κ1) is 27.1. The van der Waals surface area contributed by atoms with E-state index in [1.54, 1.807) is 49.1 Å². The zero-order valence-corrected chi connectivity index (χ0v) is 23.3. The van der Waals surface area contributed by atoms with Crippen LogP contribution in [-0.4, -0.2) is 71.7 Å². The van der Waals surface area contributed by atoms with Crippen molar-refractivity contribution in [2.24, 2.45) is 0 Å². The van der Waals surface area contributed by atoms with Gasteiger partial charge in [0, 0.05) is 24.3 Å². The van der Waals surface area contributed by atoms with E-state index in [-0.39, 0.29) is 37.3 Å². The lowest BCUT2D eigenvalue weighted by atomic mass is 10.1. The molecule has 3 aliphatic heterocycles. The monoisotopic (exact) mass is 571 g/mol. The molecule has 0 unspecified atom stereocenters. The van der Waals surface area contributed by atoms with Gasteiger partial charge in [-0.25, -0.2) is 4.98 Å². The number of ether oxygens (including phenoxy) is 3. The van der Waals surface area contributed by atoms with Crippen molar-refractivity contribution in [1.29, 1.82) is 0 Å². The number of amides is 3. The van der Waals surface area contributed by atoms with Gasteiger partial charge in [0.15, 0.2) is 18.1 Å². The molecule has 4 aromatic rings. The van der Waals surface area contributed by atoms with E-state index in [9.17, 15) is 14.4 Å². The van der Waals surface area contributed by atoms with Crippen LogP contribution in [0.4, 0.5) is 0 Å². The van der Waals surface area contributed by atoms with Gasteiger partial charge >= 0.3 is 0 Å². The fraction of sp³-hybridized carbons (Fsp3) is 0.300. The number of nitrogens with zero attached hydrogens (tertiary/aromatic N) is 3. The van der Waals surface area contributed by atoms with Crippen molar-refractivity contribution in [3.05, 3.63) is 76.6 Å². The molecule has 2 aromatic heterocycles. The Morgan fingerprint density at radius 2 is 1.88 bits per heavy atom. The van der Waals surface area contributed by atoms with Crippen molar-refractivity contribution in [3.8, 4) is 17.2 Å². The fourth-order valence-corrected chi connectivity index (χ4v) is 5.19. The van der Waals surface area contributed by atoms with Gasteiger partial charge in [0.25, 0.3) is 23.4 Å². The van der Waals surface area contributed by atoms with Crippen LogP contribution in [0.1, 0.15) is 37.7 Å². The Morgan fingerprint density at radius 3 is 2.67 bits per heavy atom. The van der Waals surface area contributed by atoms with Crippen LogP contribution in [0.15, 0.2) is 53.1 Å². The summed E-state index contributed by atoms with van der Waals surface area (Å²) in [6.45, 7) is 4.03. The van der Waals surface area contributed by atoms with Gasteiger partial charge in [-0.1, -0.05) is 17.3 Å². The minimum Gasteiger partial charge on any atom is -0.493 e. The molecule has 3 amide bonds. The molecule has 3 aliphatic rings. The van der Waals surface area contributed by atoms with Crippen molar-refractivity contribution in [3.63, 3.8) is 0 Å². The van der Waals surface area contributed by atoms with E-state index in [4.69, 9.17) is 18.7 Å². The van der Waals surface area contributed by atoms with Crippen LogP contribution in [0.2, 0.25) is 0 Å². The lowest BCUT2D eigenvalue weighted by molar-refractivity contribution is -0.123. The number of fused-ring (bicyclic) bond motifs is 8. The maximum absolute atomic E-state index is 13.9. The third-order valence-electron chi connectivity index (χ3n) is 7.33. The van der Waals surface area contributed by atoms with Crippen LogP contribution in [0.25, 0.3) is 11.1 Å². The Labute approximate surface area is 240 Å². The first-order valence-corrected chi connectivity index (χ1v) is 13.5. The van der Waals surface area contributed by atoms with Crippen molar-refractivity contribution >= 4 is 28.8 Å². The topological polar surface area (TPSA) is 145 Å². The number of hydrogen-bond acceptors (Lipinski definition) is 9. The largest absolute Gasteiger partial charge is 0.493 e. The number of hydrogen-bond donors (Lipinski definition) is 2. The van der Waals surface area contributed by atoms with Gasteiger partial charge < -0.3 is 34.3 Å². The molecule has 4 bridgehead atoms. The molecule has 1 fully saturated rings. The molecule has 7 rings (SSSR count). The van der Waals surface area contributed by atoms with Gasteiger partial charge in [-0.3, -0.25) is 14.4 Å². The predicted molar refractivity (Wildman–Crippen MR) is 150 cm³/mol. The van der Waals surface area contributed by atoms with E-state index in [2.05, 4.69) is 20.8 Å². The fourth-order valence-electron chi connectivity index (χ4n) is 5.19. The van der Waals surface area contributed by atoms with Crippen LogP contribution < -0.4 is 24.8 Å². The number of carbonyl (C=O) groups is 3. The van der Waals surface area contributed by atoms with E-state index in [0.717, 1.165) is 5.56 Å². The highest BCUT2D eigenvalue weighted by atomic mass is 16.5. The van der Waals surface area contributed by atoms with Crippen molar-refractivity contribution < 1.29 is 33.1 Å². The van der Waals surface area contributed by atoms with Gasteiger partial charge in [0.05, 0.1) is 36.3 Å². The Bertz CT molecular complexity index is 1680. The summed E-state index contributed by atoms with van der Waals surface area (Å²) in [4.78, 5) is 45.7. The van der Waals surface area contributed by atoms with Crippen LogP contribution in [0.3, 0.4) is 0 Å². The summed E-state index contributed by atoms with van der Waals surface area (Å²) in [5.41, 5.74) is 3.10. The summed E-state index contributed by atoms with van der Waals surface area (Å²) in [7, 11) is 1.48. The molecule has 0 spiro atoms. The standard InChI is InChI=1S/C30H29N5O7/c1-16-10-21(27-17(2)34-42-29(27)32-16)30(38)35-13-22-25(14-35)41-20-7-4-18(5-8-20)12-31-26(36)15-40-24-11-19(28(37)33-22)6-9-23(24)39-3/h4-11,22,25H,12-15H2,1-3H3,(H,31,36)(H,33,37)/t22-,25-/m0/s1. The molecule has 2 aromatic carbocycles. The molecule has 12 heteroatoms. The molecule has 0 aliphatic carbocycles. The number of aryl methyl sites for hydroxylation is 2. The summed E-state index contributed by atoms with van der Waals surface area (Å²) >= 11 is 0. The lowest BCUT2D eigenvalue weighted by Crippen LogP contribution is -2.45. The smallest absolute Gasteiger partial charge is 0.258 e. The summed E-state index contributed by atoms with van der Waals surface area (Å²) in [6, 6.07) is 13.2. The van der Waals surface area contributed by atoms with Crippen molar-refractivity contribution in [1.82, 2.24) is 25.7 Å². The summed E-state index contributed by atoms with van der Waals surface area (Å²) < 4.78 is 22.7. The van der Waals surface area contributed by atoms with Gasteiger partial charge in [-0.05, 0) is 55.8 Å². The average molecular weight is 572 g/mol.